The molecule has 96 valence electrons. The van der Waals surface area contributed by atoms with Gasteiger partial charge in [-0.15, -0.1) is 0 Å². The molecular formula is C14H22FNO. The number of rotatable bonds is 5. The summed E-state index contributed by atoms with van der Waals surface area (Å²) >= 11 is 0. The fraction of sp³-hybridized carbons (Fsp3) is 0.571. The molecule has 0 aliphatic heterocycles. The van der Waals surface area contributed by atoms with E-state index in [-0.39, 0.29) is 11.2 Å². The topological polar surface area (TPSA) is 32.3 Å². The van der Waals surface area contributed by atoms with Crippen LogP contribution in [-0.2, 0) is 0 Å². The number of hydrogen-bond acceptors (Lipinski definition) is 2. The summed E-state index contributed by atoms with van der Waals surface area (Å²) in [6.45, 7) is 7.85. The summed E-state index contributed by atoms with van der Waals surface area (Å²) in [6.07, 6.45) is 0.397. The van der Waals surface area contributed by atoms with Gasteiger partial charge in [0, 0.05) is 6.54 Å². The van der Waals surface area contributed by atoms with Gasteiger partial charge < -0.3 is 10.4 Å². The van der Waals surface area contributed by atoms with Crippen LogP contribution in [0, 0.1) is 11.2 Å². The van der Waals surface area contributed by atoms with Crippen molar-refractivity contribution < 1.29 is 9.50 Å². The number of hydrogen-bond donors (Lipinski definition) is 2. The van der Waals surface area contributed by atoms with Gasteiger partial charge in [-0.2, -0.15) is 0 Å². The van der Waals surface area contributed by atoms with Crippen molar-refractivity contribution in [2.75, 3.05) is 13.1 Å². The predicted octanol–water partition coefficient (Wildman–Crippen LogP) is 2.88. The van der Waals surface area contributed by atoms with Crippen LogP contribution < -0.4 is 5.32 Å². The van der Waals surface area contributed by atoms with Gasteiger partial charge in [0.25, 0.3) is 0 Å². The molecule has 3 heteroatoms. The minimum atomic E-state index is -0.648. The van der Waals surface area contributed by atoms with E-state index in [0.717, 1.165) is 13.0 Å². The lowest BCUT2D eigenvalue weighted by Crippen LogP contribution is -2.25. The minimum Gasteiger partial charge on any atom is -0.387 e. The second-order valence-electron chi connectivity index (χ2n) is 5.59. The summed E-state index contributed by atoms with van der Waals surface area (Å²) in [7, 11) is 0. The maximum Gasteiger partial charge on any atom is 0.123 e. The lowest BCUT2D eigenvalue weighted by molar-refractivity contribution is 0.172. The van der Waals surface area contributed by atoms with Gasteiger partial charge in [0.1, 0.15) is 5.82 Å². The van der Waals surface area contributed by atoms with E-state index in [1.54, 1.807) is 12.1 Å². The van der Waals surface area contributed by atoms with Crippen LogP contribution in [0.15, 0.2) is 24.3 Å². The summed E-state index contributed by atoms with van der Waals surface area (Å²) in [5.74, 6) is -0.309. The standard InChI is InChI=1S/C14H22FNO/c1-14(2,3)7-8-16-10-13(17)11-5-4-6-12(15)9-11/h4-6,9,13,16-17H,7-8,10H2,1-3H3. The summed E-state index contributed by atoms with van der Waals surface area (Å²) in [5, 5.41) is 13.0. The molecule has 17 heavy (non-hydrogen) atoms. The molecule has 0 radical (unpaired) electrons. The molecule has 1 rings (SSSR count). The first-order valence-electron chi connectivity index (χ1n) is 6.03. The van der Waals surface area contributed by atoms with E-state index in [1.807, 2.05) is 0 Å². The molecule has 0 spiro atoms. The molecule has 0 fully saturated rings. The molecule has 0 bridgehead atoms. The fourth-order valence-electron chi connectivity index (χ4n) is 1.53. The predicted molar refractivity (Wildman–Crippen MR) is 68.3 cm³/mol. The Bertz CT molecular complexity index is 346. The van der Waals surface area contributed by atoms with Crippen LogP contribution in [0.3, 0.4) is 0 Å². The summed E-state index contributed by atoms with van der Waals surface area (Å²) in [5.41, 5.74) is 0.907. The van der Waals surface area contributed by atoms with Gasteiger partial charge in [-0.05, 0) is 36.1 Å². The Morgan fingerprint density at radius 1 is 1.35 bits per heavy atom. The lowest BCUT2D eigenvalue weighted by Gasteiger charge is -2.19. The molecule has 0 aliphatic carbocycles. The van der Waals surface area contributed by atoms with Crippen molar-refractivity contribution in [1.29, 1.82) is 0 Å². The van der Waals surface area contributed by atoms with Crippen molar-refractivity contribution in [2.45, 2.75) is 33.3 Å². The third kappa shape index (κ3) is 5.80. The molecule has 1 aromatic rings. The molecule has 0 heterocycles. The van der Waals surface area contributed by atoms with Gasteiger partial charge in [-0.3, -0.25) is 0 Å². The maximum atomic E-state index is 12.9. The molecular weight excluding hydrogens is 217 g/mol. The molecule has 0 aliphatic rings. The second-order valence-corrected chi connectivity index (χ2v) is 5.59. The number of aliphatic hydroxyl groups excluding tert-OH is 1. The van der Waals surface area contributed by atoms with Crippen LogP contribution in [0.25, 0.3) is 0 Å². The molecule has 2 nitrogen and oxygen atoms in total. The third-order valence-electron chi connectivity index (χ3n) is 2.62. The zero-order valence-corrected chi connectivity index (χ0v) is 10.8. The van der Waals surface area contributed by atoms with Crippen molar-refractivity contribution in [1.82, 2.24) is 5.32 Å². The molecule has 1 aromatic carbocycles. The second kappa shape index (κ2) is 6.12. The first-order valence-corrected chi connectivity index (χ1v) is 6.03. The molecule has 1 unspecified atom stereocenters. The quantitative estimate of drug-likeness (QED) is 0.774. The molecule has 0 saturated carbocycles. The zero-order valence-electron chi connectivity index (χ0n) is 10.8. The Balaban J connectivity index is 2.33. The van der Waals surface area contributed by atoms with E-state index < -0.39 is 6.10 Å². The van der Waals surface area contributed by atoms with Crippen LogP contribution in [0.5, 0.6) is 0 Å². The Labute approximate surface area is 103 Å². The fourth-order valence-corrected chi connectivity index (χ4v) is 1.53. The average molecular weight is 239 g/mol. The Kier molecular flexibility index (Phi) is 5.09. The van der Waals surface area contributed by atoms with Gasteiger partial charge in [0.2, 0.25) is 0 Å². The zero-order chi connectivity index (χ0) is 12.9. The summed E-state index contributed by atoms with van der Waals surface area (Å²) in [6, 6.07) is 6.10. The number of benzene rings is 1. The largest absolute Gasteiger partial charge is 0.387 e. The maximum absolute atomic E-state index is 12.9. The van der Waals surface area contributed by atoms with Gasteiger partial charge in [0.05, 0.1) is 6.10 Å². The smallest absolute Gasteiger partial charge is 0.123 e. The third-order valence-corrected chi connectivity index (χ3v) is 2.62. The number of nitrogens with one attached hydrogen (secondary N) is 1. The summed E-state index contributed by atoms with van der Waals surface area (Å²) in [4.78, 5) is 0. The Hall–Kier alpha value is -0.930. The number of aliphatic hydroxyl groups is 1. The van der Waals surface area contributed by atoms with Gasteiger partial charge >= 0.3 is 0 Å². The summed E-state index contributed by atoms with van der Waals surface area (Å²) < 4.78 is 12.9. The SMILES string of the molecule is CC(C)(C)CCNCC(O)c1cccc(F)c1. The van der Waals surface area contributed by atoms with Crippen molar-refractivity contribution in [3.05, 3.63) is 35.6 Å². The molecule has 0 saturated heterocycles. The van der Waals surface area contributed by atoms with Crippen LogP contribution in [0.2, 0.25) is 0 Å². The number of halogens is 1. The normalized spacial score (nSPS) is 13.7. The van der Waals surface area contributed by atoms with Crippen LogP contribution in [0.4, 0.5) is 4.39 Å². The molecule has 0 aromatic heterocycles. The highest BCUT2D eigenvalue weighted by molar-refractivity contribution is 5.18. The van der Waals surface area contributed by atoms with Crippen molar-refractivity contribution in [3.63, 3.8) is 0 Å². The van der Waals surface area contributed by atoms with Crippen LogP contribution in [0.1, 0.15) is 38.9 Å². The highest BCUT2D eigenvalue weighted by Crippen LogP contribution is 2.17. The average Bonchev–Trinajstić information content (AvgIpc) is 2.23. The highest BCUT2D eigenvalue weighted by atomic mass is 19.1. The van der Waals surface area contributed by atoms with E-state index in [4.69, 9.17) is 0 Å². The highest BCUT2D eigenvalue weighted by Gasteiger charge is 2.11. The van der Waals surface area contributed by atoms with E-state index in [2.05, 4.69) is 26.1 Å². The van der Waals surface area contributed by atoms with Crippen molar-refractivity contribution >= 4 is 0 Å². The lowest BCUT2D eigenvalue weighted by atomic mass is 9.92. The van der Waals surface area contributed by atoms with Crippen LogP contribution in [-0.4, -0.2) is 18.2 Å². The molecule has 2 N–H and O–H groups in total. The van der Waals surface area contributed by atoms with Crippen LogP contribution >= 0.6 is 0 Å². The molecule has 0 amide bonds. The molecule has 1 atom stereocenters. The van der Waals surface area contributed by atoms with Gasteiger partial charge in [0.15, 0.2) is 0 Å². The van der Waals surface area contributed by atoms with E-state index in [1.165, 1.54) is 12.1 Å². The first kappa shape index (κ1) is 14.1. The van der Waals surface area contributed by atoms with E-state index >= 15 is 0 Å². The van der Waals surface area contributed by atoms with E-state index in [0.29, 0.717) is 12.1 Å². The Morgan fingerprint density at radius 2 is 2.06 bits per heavy atom. The first-order chi connectivity index (χ1) is 7.88. The monoisotopic (exact) mass is 239 g/mol. The minimum absolute atomic E-state index is 0.288. The van der Waals surface area contributed by atoms with Crippen molar-refractivity contribution in [2.24, 2.45) is 5.41 Å². The van der Waals surface area contributed by atoms with Gasteiger partial charge in [-0.1, -0.05) is 32.9 Å². The Morgan fingerprint density at radius 3 is 2.65 bits per heavy atom. The van der Waals surface area contributed by atoms with Gasteiger partial charge in [-0.25, -0.2) is 4.39 Å². The van der Waals surface area contributed by atoms with Crippen molar-refractivity contribution in [3.8, 4) is 0 Å². The van der Waals surface area contributed by atoms with E-state index in [9.17, 15) is 9.50 Å².